The van der Waals surface area contributed by atoms with Crippen molar-refractivity contribution in [3.63, 3.8) is 0 Å². The number of hydrogen-bond donors (Lipinski definition) is 2. The van der Waals surface area contributed by atoms with Crippen LogP contribution in [0.15, 0.2) is 61.2 Å². The van der Waals surface area contributed by atoms with Gasteiger partial charge in [0.15, 0.2) is 11.5 Å². The van der Waals surface area contributed by atoms with Gasteiger partial charge in [0.05, 0.1) is 23.6 Å². The molecule has 0 saturated heterocycles. The third-order valence-corrected chi connectivity index (χ3v) is 5.22. The predicted octanol–water partition coefficient (Wildman–Crippen LogP) is 4.10. The molecule has 2 N–H and O–H groups in total. The maximum atomic E-state index is 14.4. The Hall–Kier alpha value is -4.40. The van der Waals surface area contributed by atoms with Crippen LogP contribution >= 0.6 is 0 Å². The third kappa shape index (κ3) is 2.78. The van der Waals surface area contributed by atoms with Gasteiger partial charge in [0, 0.05) is 41.5 Å². The summed E-state index contributed by atoms with van der Waals surface area (Å²) in [4.78, 5) is 16.8. The van der Waals surface area contributed by atoms with Crippen molar-refractivity contribution in [2.45, 2.75) is 0 Å². The molecule has 5 aromatic heterocycles. The van der Waals surface area contributed by atoms with E-state index in [2.05, 4.69) is 30.2 Å². The summed E-state index contributed by atoms with van der Waals surface area (Å²) in [6.45, 7) is 0. The highest BCUT2D eigenvalue weighted by atomic mass is 19.1. The fraction of sp³-hybridized carbons (Fsp3) is 0.0455. The molecule has 0 radical (unpaired) electrons. The zero-order valence-corrected chi connectivity index (χ0v) is 16.3. The lowest BCUT2D eigenvalue weighted by Crippen LogP contribution is -1.87. The van der Waals surface area contributed by atoms with E-state index in [0.717, 1.165) is 22.2 Å². The van der Waals surface area contributed by atoms with Gasteiger partial charge in [-0.05, 0) is 18.2 Å². The normalized spacial score (nSPS) is 11.5. The average Bonchev–Trinajstić information content (AvgIpc) is 3.50. The predicted molar refractivity (Wildman–Crippen MR) is 114 cm³/mol. The number of hydrogen-bond acceptors (Lipinski definition) is 5. The summed E-state index contributed by atoms with van der Waals surface area (Å²) in [6.07, 6.45) is 7.04. The Kier molecular flexibility index (Phi) is 3.69. The number of rotatable bonds is 3. The highest BCUT2D eigenvalue weighted by molar-refractivity contribution is 5.96. The van der Waals surface area contributed by atoms with Crippen molar-refractivity contribution < 1.29 is 4.39 Å². The van der Waals surface area contributed by atoms with Gasteiger partial charge in [-0.25, -0.2) is 14.4 Å². The van der Waals surface area contributed by atoms with Crippen LogP contribution in [-0.2, 0) is 7.05 Å². The molecule has 6 aromatic rings. The number of aryl methyl sites for hydroxylation is 1. The van der Waals surface area contributed by atoms with E-state index in [1.54, 1.807) is 47.5 Å². The lowest BCUT2D eigenvalue weighted by molar-refractivity contribution is 0.631. The van der Waals surface area contributed by atoms with Crippen molar-refractivity contribution >= 4 is 22.1 Å². The van der Waals surface area contributed by atoms with Crippen LogP contribution in [0.2, 0.25) is 0 Å². The molecule has 0 aliphatic heterocycles. The molecular weight excluding hydrogens is 395 g/mol. The largest absolute Gasteiger partial charge is 0.321 e. The van der Waals surface area contributed by atoms with Gasteiger partial charge in [-0.3, -0.25) is 14.8 Å². The second kappa shape index (κ2) is 6.56. The fourth-order valence-corrected chi connectivity index (χ4v) is 3.73. The minimum absolute atomic E-state index is 0.308. The first-order valence-corrected chi connectivity index (χ1v) is 9.60. The molecule has 9 heteroatoms. The molecule has 1 aromatic carbocycles. The fourth-order valence-electron chi connectivity index (χ4n) is 3.73. The van der Waals surface area contributed by atoms with Crippen LogP contribution in [0.3, 0.4) is 0 Å². The summed E-state index contributed by atoms with van der Waals surface area (Å²) < 4.78 is 16.1. The molecule has 0 fully saturated rings. The molecule has 0 spiro atoms. The second-order valence-electron chi connectivity index (χ2n) is 7.21. The summed E-state index contributed by atoms with van der Waals surface area (Å²) in [7, 11) is 1.86. The van der Waals surface area contributed by atoms with E-state index in [1.807, 2.05) is 19.3 Å². The molecule has 0 aliphatic carbocycles. The van der Waals surface area contributed by atoms with Crippen molar-refractivity contribution in [2.75, 3.05) is 0 Å². The summed E-state index contributed by atoms with van der Waals surface area (Å²) in [5, 5.41) is 12.5. The maximum Gasteiger partial charge on any atom is 0.160 e. The van der Waals surface area contributed by atoms with Gasteiger partial charge in [0.1, 0.15) is 17.0 Å². The minimum atomic E-state index is -0.308. The molecular formula is C22H15FN8. The van der Waals surface area contributed by atoms with Gasteiger partial charge < -0.3 is 4.98 Å². The van der Waals surface area contributed by atoms with E-state index in [9.17, 15) is 4.39 Å². The molecule has 0 unspecified atom stereocenters. The number of nitrogens with one attached hydrogen (secondary N) is 2. The number of H-pyrrole nitrogens is 2. The van der Waals surface area contributed by atoms with Crippen molar-refractivity contribution in [3.8, 4) is 33.9 Å². The molecule has 5 heterocycles. The van der Waals surface area contributed by atoms with Crippen LogP contribution < -0.4 is 0 Å². The Labute approximate surface area is 174 Å². The number of nitrogens with zero attached hydrogens (tertiary/aromatic N) is 6. The molecule has 0 amide bonds. The van der Waals surface area contributed by atoms with Crippen LogP contribution in [0.5, 0.6) is 0 Å². The number of benzene rings is 1. The third-order valence-electron chi connectivity index (χ3n) is 5.22. The number of pyridine rings is 2. The molecule has 0 atom stereocenters. The van der Waals surface area contributed by atoms with Crippen molar-refractivity contribution in [2.24, 2.45) is 7.05 Å². The Morgan fingerprint density at radius 2 is 1.94 bits per heavy atom. The summed E-state index contributed by atoms with van der Waals surface area (Å²) in [6, 6.07) is 10.3. The van der Waals surface area contributed by atoms with Crippen molar-refractivity contribution in [3.05, 3.63) is 67.0 Å². The molecule has 31 heavy (non-hydrogen) atoms. The number of aromatic amines is 2. The Morgan fingerprint density at radius 1 is 1.03 bits per heavy atom. The highest BCUT2D eigenvalue weighted by Gasteiger charge is 2.18. The molecule has 0 saturated carbocycles. The van der Waals surface area contributed by atoms with E-state index in [0.29, 0.717) is 33.8 Å². The van der Waals surface area contributed by atoms with Gasteiger partial charge in [-0.2, -0.15) is 10.2 Å². The summed E-state index contributed by atoms with van der Waals surface area (Å²) >= 11 is 0. The molecule has 0 aliphatic rings. The van der Waals surface area contributed by atoms with E-state index >= 15 is 0 Å². The number of aromatic nitrogens is 8. The van der Waals surface area contributed by atoms with Gasteiger partial charge in [-0.15, -0.1) is 0 Å². The first-order valence-electron chi connectivity index (χ1n) is 9.60. The van der Waals surface area contributed by atoms with Crippen LogP contribution in [0.25, 0.3) is 56.0 Å². The topological polar surface area (TPSA) is 101 Å². The monoisotopic (exact) mass is 410 g/mol. The minimum Gasteiger partial charge on any atom is -0.321 e. The van der Waals surface area contributed by atoms with Gasteiger partial charge in [-0.1, -0.05) is 18.2 Å². The zero-order chi connectivity index (χ0) is 20.9. The Bertz CT molecular complexity index is 1580. The van der Waals surface area contributed by atoms with Crippen LogP contribution in [-0.4, -0.2) is 39.9 Å². The first kappa shape index (κ1) is 17.5. The smallest absolute Gasteiger partial charge is 0.160 e. The molecule has 6 rings (SSSR count). The number of imidazole rings is 1. The van der Waals surface area contributed by atoms with Gasteiger partial charge in [0.25, 0.3) is 0 Å². The maximum absolute atomic E-state index is 14.4. The SMILES string of the molecule is Cn1cc(-c2cc3c(-c4nc5c(-c6ccccc6F)ccnc5[nH]4)n[nH]c3cn2)cn1. The van der Waals surface area contributed by atoms with Crippen molar-refractivity contribution in [1.29, 1.82) is 0 Å². The summed E-state index contributed by atoms with van der Waals surface area (Å²) in [5.74, 6) is 0.234. The molecule has 150 valence electrons. The standard InChI is InChI=1S/C22H15FN8/c1-31-11-12(9-26-31)17-8-15-18(10-25-17)29-30-20(15)22-27-19-14(6-7-24-21(19)28-22)13-4-2-3-5-16(13)23/h2-11H,1H3,(H,29,30)(H,24,27,28). The lowest BCUT2D eigenvalue weighted by atomic mass is 10.1. The average molecular weight is 410 g/mol. The van der Waals surface area contributed by atoms with E-state index < -0.39 is 0 Å². The first-order chi connectivity index (χ1) is 15.2. The van der Waals surface area contributed by atoms with E-state index in [1.165, 1.54) is 6.07 Å². The van der Waals surface area contributed by atoms with Crippen LogP contribution in [0.1, 0.15) is 0 Å². The lowest BCUT2D eigenvalue weighted by Gasteiger charge is -2.03. The van der Waals surface area contributed by atoms with Gasteiger partial charge >= 0.3 is 0 Å². The quantitative estimate of drug-likeness (QED) is 0.457. The summed E-state index contributed by atoms with van der Waals surface area (Å²) in [5.41, 5.74) is 5.40. The zero-order valence-electron chi connectivity index (χ0n) is 16.3. The van der Waals surface area contributed by atoms with Gasteiger partial charge in [0.2, 0.25) is 0 Å². The van der Waals surface area contributed by atoms with Crippen LogP contribution in [0, 0.1) is 5.82 Å². The number of halogens is 1. The van der Waals surface area contributed by atoms with E-state index in [4.69, 9.17) is 4.98 Å². The van der Waals surface area contributed by atoms with Crippen LogP contribution in [0.4, 0.5) is 4.39 Å². The number of fused-ring (bicyclic) bond motifs is 2. The highest BCUT2D eigenvalue weighted by Crippen LogP contribution is 2.32. The second-order valence-corrected chi connectivity index (χ2v) is 7.21. The molecule has 0 bridgehead atoms. The van der Waals surface area contributed by atoms with Crippen molar-refractivity contribution in [1.82, 2.24) is 39.9 Å². The Morgan fingerprint density at radius 3 is 2.77 bits per heavy atom. The Balaban J connectivity index is 1.52. The van der Waals surface area contributed by atoms with E-state index in [-0.39, 0.29) is 5.82 Å². The molecule has 8 nitrogen and oxygen atoms in total.